The molecule has 2 aliphatic heterocycles. The number of rotatable bonds is 8. The van der Waals surface area contributed by atoms with E-state index in [2.05, 4.69) is 15.3 Å². The van der Waals surface area contributed by atoms with Crippen molar-refractivity contribution in [1.29, 1.82) is 0 Å². The number of halogens is 4. The van der Waals surface area contributed by atoms with E-state index in [0.29, 0.717) is 25.3 Å². The molecular weight excluding hydrogens is 654 g/mol. The predicted molar refractivity (Wildman–Crippen MR) is 174 cm³/mol. The highest BCUT2D eigenvalue weighted by molar-refractivity contribution is 5.99. The molecule has 1 amide bonds. The number of nitrogens with zero attached hydrogens (tertiary/aromatic N) is 4. The van der Waals surface area contributed by atoms with E-state index in [1.807, 2.05) is 28.0 Å². The number of carboxylic acids is 1. The van der Waals surface area contributed by atoms with Crippen molar-refractivity contribution in [3.8, 4) is 5.75 Å². The van der Waals surface area contributed by atoms with Crippen LogP contribution in [-0.2, 0) is 16.1 Å². The number of fused-ring (bicyclic) bond motifs is 2. The van der Waals surface area contributed by atoms with Crippen LogP contribution < -0.4 is 15.0 Å². The lowest BCUT2D eigenvalue weighted by Gasteiger charge is -2.59. The van der Waals surface area contributed by atoms with Crippen molar-refractivity contribution in [1.82, 2.24) is 20.2 Å². The van der Waals surface area contributed by atoms with Crippen LogP contribution in [0.5, 0.6) is 5.75 Å². The van der Waals surface area contributed by atoms with Gasteiger partial charge in [-0.25, -0.2) is 23.5 Å². The molecule has 6 aliphatic carbocycles. The van der Waals surface area contributed by atoms with Gasteiger partial charge in [-0.1, -0.05) is 0 Å². The minimum absolute atomic E-state index is 0.00532. The summed E-state index contributed by atoms with van der Waals surface area (Å²) >= 11 is 0. The van der Waals surface area contributed by atoms with Crippen molar-refractivity contribution in [2.45, 2.75) is 112 Å². The summed E-state index contributed by atoms with van der Waals surface area (Å²) in [6, 6.07) is 5.97. The minimum atomic E-state index is -3.49. The fourth-order valence-corrected chi connectivity index (χ4v) is 10.8. The number of nitrogens with one attached hydrogen (secondary N) is 1. The Morgan fingerprint density at radius 3 is 2.22 bits per heavy atom. The quantitative estimate of drug-likeness (QED) is 0.305. The summed E-state index contributed by atoms with van der Waals surface area (Å²) in [7, 11) is 0. The Labute approximate surface area is 288 Å². The summed E-state index contributed by atoms with van der Waals surface area (Å²) in [5.41, 5.74) is -0.930. The highest BCUT2D eigenvalue weighted by Gasteiger charge is 2.62. The van der Waals surface area contributed by atoms with E-state index < -0.39 is 40.5 Å². The molecule has 1 saturated heterocycles. The van der Waals surface area contributed by atoms with Gasteiger partial charge in [0.25, 0.3) is 17.8 Å². The number of aliphatic carboxylic acids is 1. The third-order valence-corrected chi connectivity index (χ3v) is 13.3. The Kier molecular flexibility index (Phi) is 7.14. The highest BCUT2D eigenvalue weighted by atomic mass is 19.3. The zero-order chi connectivity index (χ0) is 34.8. The summed E-state index contributed by atoms with van der Waals surface area (Å²) in [5.74, 6) is -6.78. The van der Waals surface area contributed by atoms with Crippen LogP contribution in [0.1, 0.15) is 99.2 Å². The lowest BCUT2D eigenvalue weighted by Crippen LogP contribution is -2.70. The number of carbonyl (C=O) groups excluding carboxylic acids is 1. The average molecular weight is 698 g/mol. The Morgan fingerprint density at radius 1 is 0.980 bits per heavy atom. The molecule has 2 N–H and O–H groups in total. The fourth-order valence-electron chi connectivity index (χ4n) is 10.8. The number of carboxylic acid groups (broad SMARTS) is 1. The number of amides is 1. The summed E-state index contributed by atoms with van der Waals surface area (Å²) in [5, 5.41) is 13.3. The highest BCUT2D eigenvalue weighted by Crippen LogP contribution is 2.60. The van der Waals surface area contributed by atoms with Crippen molar-refractivity contribution in [3.05, 3.63) is 41.2 Å². The van der Waals surface area contributed by atoms with Gasteiger partial charge in [-0.3, -0.25) is 9.69 Å². The van der Waals surface area contributed by atoms with Gasteiger partial charge in [0.1, 0.15) is 17.0 Å². The van der Waals surface area contributed by atoms with Gasteiger partial charge in [-0.05, 0) is 118 Å². The smallest absolute Gasteiger partial charge is 0.330 e. The van der Waals surface area contributed by atoms with Crippen molar-refractivity contribution in [3.63, 3.8) is 0 Å². The first-order valence-corrected chi connectivity index (χ1v) is 18.2. The first kappa shape index (κ1) is 32.4. The van der Waals surface area contributed by atoms with Crippen LogP contribution in [-0.4, -0.2) is 75.1 Å². The second-order valence-corrected chi connectivity index (χ2v) is 16.6. The Bertz CT molecular complexity index is 1700. The normalized spacial score (nSPS) is 34.7. The molecule has 9 nitrogen and oxygen atoms in total. The molecular formula is C37H43F4N5O4. The van der Waals surface area contributed by atoms with Gasteiger partial charge in [0.05, 0.1) is 24.8 Å². The number of carbonyl (C=O) groups is 2. The van der Waals surface area contributed by atoms with Gasteiger partial charge in [0, 0.05) is 36.8 Å². The topological polar surface area (TPSA) is 108 Å². The van der Waals surface area contributed by atoms with Crippen molar-refractivity contribution >= 4 is 23.5 Å². The van der Waals surface area contributed by atoms with E-state index in [-0.39, 0.29) is 48.4 Å². The maximum atomic E-state index is 15.3. The van der Waals surface area contributed by atoms with Crippen molar-refractivity contribution in [2.24, 2.45) is 23.7 Å². The number of ether oxygens (including phenoxy) is 1. The second kappa shape index (κ2) is 11.0. The standard InChI is InChI=1S/C37H43F4N5O4/c1-34(38,39)30-27(31(47)44-37(32(48)49)22-11-20-10-21(13-22)14-23(37)12-20)16-42-33(43-30)46-17-35(8-9-35)28-15-26(6-7-29(28)46)50-25-4-2-24(3-5-25)45-18-36(40,41)19-45/h6-7,15-16,20-25H,2-5,8-14,17-19H2,1H3,(H,44,47)(H,48,49). The molecule has 8 aliphatic rings. The summed E-state index contributed by atoms with van der Waals surface area (Å²) in [6.45, 7) is 0.889. The van der Waals surface area contributed by atoms with E-state index in [1.165, 1.54) is 0 Å². The first-order valence-electron chi connectivity index (χ1n) is 18.2. The number of hydrogen-bond donors (Lipinski definition) is 2. The van der Waals surface area contributed by atoms with Gasteiger partial charge in [-0.2, -0.15) is 8.78 Å². The Morgan fingerprint density at radius 2 is 1.64 bits per heavy atom. The molecule has 4 bridgehead atoms. The number of benzene rings is 1. The van der Waals surface area contributed by atoms with Crippen LogP contribution in [0.25, 0.3) is 0 Å². The molecule has 50 heavy (non-hydrogen) atoms. The maximum absolute atomic E-state index is 15.3. The van der Waals surface area contributed by atoms with E-state index >= 15 is 8.78 Å². The SMILES string of the molecule is CC(F)(F)c1nc(N2CC3(CC3)c3cc(OC4CCC(N5CC(F)(F)C5)CC4)ccc32)ncc1C(=O)NC1(C(=O)O)C2CC3CC(C2)CC1C3. The molecule has 0 atom stereocenters. The molecule has 268 valence electrons. The summed E-state index contributed by atoms with van der Waals surface area (Å²) in [6.07, 6.45) is 10.2. The monoisotopic (exact) mass is 697 g/mol. The van der Waals surface area contributed by atoms with Gasteiger partial charge in [0.15, 0.2) is 0 Å². The number of aromatic nitrogens is 2. The summed E-state index contributed by atoms with van der Waals surface area (Å²) < 4.78 is 63.6. The molecule has 1 aromatic heterocycles. The molecule has 1 aromatic carbocycles. The molecule has 7 fully saturated rings. The van der Waals surface area contributed by atoms with Gasteiger partial charge < -0.3 is 20.1 Å². The fraction of sp³-hybridized carbons (Fsp3) is 0.676. The van der Waals surface area contributed by atoms with Gasteiger partial charge >= 0.3 is 5.97 Å². The zero-order valence-corrected chi connectivity index (χ0v) is 28.1. The Balaban J connectivity index is 0.943. The zero-order valence-electron chi connectivity index (χ0n) is 28.1. The number of anilines is 2. The minimum Gasteiger partial charge on any atom is -0.490 e. The van der Waals surface area contributed by atoms with Gasteiger partial charge in [-0.15, -0.1) is 0 Å². The summed E-state index contributed by atoms with van der Waals surface area (Å²) in [4.78, 5) is 39.1. The van der Waals surface area contributed by atoms with Crippen LogP contribution in [0.3, 0.4) is 0 Å². The van der Waals surface area contributed by atoms with E-state index in [0.717, 1.165) is 93.8 Å². The first-order chi connectivity index (χ1) is 23.7. The molecule has 6 saturated carbocycles. The molecule has 0 unspecified atom stereocenters. The van der Waals surface area contributed by atoms with Gasteiger partial charge in [0.2, 0.25) is 5.95 Å². The number of alkyl halides is 4. The van der Waals surface area contributed by atoms with Crippen LogP contribution in [0.4, 0.5) is 29.2 Å². The van der Waals surface area contributed by atoms with Crippen molar-refractivity contribution < 1.29 is 37.0 Å². The van der Waals surface area contributed by atoms with Crippen LogP contribution in [0.2, 0.25) is 0 Å². The van der Waals surface area contributed by atoms with E-state index in [9.17, 15) is 23.5 Å². The third-order valence-electron chi connectivity index (χ3n) is 13.3. The Hall–Kier alpha value is -3.48. The lowest BCUT2D eigenvalue weighted by atomic mass is 9.48. The number of hydrogen-bond acceptors (Lipinski definition) is 7. The molecule has 3 heterocycles. The van der Waals surface area contributed by atoms with Crippen LogP contribution >= 0.6 is 0 Å². The van der Waals surface area contributed by atoms with Crippen LogP contribution in [0, 0.1) is 23.7 Å². The lowest BCUT2D eigenvalue weighted by molar-refractivity contribution is -0.163. The molecule has 2 aromatic rings. The van der Waals surface area contributed by atoms with Crippen molar-refractivity contribution in [2.75, 3.05) is 24.5 Å². The molecule has 0 radical (unpaired) electrons. The molecule has 1 spiro atoms. The van der Waals surface area contributed by atoms with E-state index in [4.69, 9.17) is 4.74 Å². The maximum Gasteiger partial charge on any atom is 0.330 e. The second-order valence-electron chi connectivity index (χ2n) is 16.6. The number of likely N-dealkylation sites (tertiary alicyclic amines) is 1. The predicted octanol–water partition coefficient (Wildman–Crippen LogP) is 6.42. The van der Waals surface area contributed by atoms with Crippen LogP contribution in [0.15, 0.2) is 24.4 Å². The average Bonchev–Trinajstić information content (AvgIpc) is 3.77. The molecule has 13 heteroatoms. The molecule has 10 rings (SSSR count). The van der Waals surface area contributed by atoms with E-state index in [1.54, 1.807) is 0 Å². The third kappa shape index (κ3) is 5.19. The largest absolute Gasteiger partial charge is 0.490 e.